The summed E-state index contributed by atoms with van der Waals surface area (Å²) in [6.45, 7) is 6.63. The third-order valence-electron chi connectivity index (χ3n) is 4.06. The number of hydrogen-bond donors (Lipinski definition) is 1. The highest BCUT2D eigenvalue weighted by Crippen LogP contribution is 2.36. The first-order valence-corrected chi connectivity index (χ1v) is 7.51. The van der Waals surface area contributed by atoms with Crippen molar-refractivity contribution >= 4 is 5.82 Å². The normalized spacial score (nSPS) is 16.9. The standard InChI is InChI=1S/C15H27N3/c1-4-5-10-13-14(16)18(11(2)3)15(17-13)12-8-6-7-9-12/h11-12H,4-10,16H2,1-3H3. The first-order valence-electron chi connectivity index (χ1n) is 7.51. The molecule has 0 atom stereocenters. The van der Waals surface area contributed by atoms with Crippen LogP contribution < -0.4 is 5.73 Å². The Hall–Kier alpha value is -0.990. The smallest absolute Gasteiger partial charge is 0.127 e. The van der Waals surface area contributed by atoms with Crippen LogP contribution in [0.5, 0.6) is 0 Å². The Bertz CT molecular complexity index is 387. The molecule has 0 aromatic carbocycles. The Morgan fingerprint density at radius 2 is 2.00 bits per heavy atom. The second-order valence-electron chi connectivity index (χ2n) is 5.85. The predicted molar refractivity (Wildman–Crippen MR) is 76.8 cm³/mol. The van der Waals surface area contributed by atoms with Crippen LogP contribution in [-0.4, -0.2) is 9.55 Å². The highest BCUT2D eigenvalue weighted by atomic mass is 15.2. The van der Waals surface area contributed by atoms with Gasteiger partial charge in [-0.05, 0) is 39.5 Å². The molecule has 2 rings (SSSR count). The number of anilines is 1. The zero-order chi connectivity index (χ0) is 13.1. The highest BCUT2D eigenvalue weighted by molar-refractivity contribution is 5.40. The average Bonchev–Trinajstić information content (AvgIpc) is 2.93. The van der Waals surface area contributed by atoms with Gasteiger partial charge in [0.15, 0.2) is 0 Å². The van der Waals surface area contributed by atoms with Crippen LogP contribution in [0.2, 0.25) is 0 Å². The van der Waals surface area contributed by atoms with Gasteiger partial charge in [0.1, 0.15) is 11.6 Å². The van der Waals surface area contributed by atoms with Gasteiger partial charge in [0.05, 0.1) is 5.69 Å². The summed E-state index contributed by atoms with van der Waals surface area (Å²) in [4.78, 5) is 4.89. The molecule has 2 N–H and O–H groups in total. The molecule has 3 heteroatoms. The first kappa shape index (κ1) is 13.4. The topological polar surface area (TPSA) is 43.8 Å². The number of nitrogen functional groups attached to an aromatic ring is 1. The molecule has 1 aromatic rings. The third-order valence-corrected chi connectivity index (χ3v) is 4.06. The Morgan fingerprint density at radius 3 is 2.56 bits per heavy atom. The van der Waals surface area contributed by atoms with Crippen molar-refractivity contribution in [3.05, 3.63) is 11.5 Å². The maximum atomic E-state index is 6.31. The fraction of sp³-hybridized carbons (Fsp3) is 0.800. The van der Waals surface area contributed by atoms with E-state index in [1.807, 2.05) is 0 Å². The average molecular weight is 249 g/mol. The van der Waals surface area contributed by atoms with E-state index >= 15 is 0 Å². The van der Waals surface area contributed by atoms with E-state index in [4.69, 9.17) is 10.7 Å². The quantitative estimate of drug-likeness (QED) is 0.855. The van der Waals surface area contributed by atoms with E-state index < -0.39 is 0 Å². The number of rotatable bonds is 5. The summed E-state index contributed by atoms with van der Waals surface area (Å²) < 4.78 is 2.28. The zero-order valence-corrected chi connectivity index (χ0v) is 12.1. The summed E-state index contributed by atoms with van der Waals surface area (Å²) in [5.74, 6) is 2.82. The van der Waals surface area contributed by atoms with Crippen molar-refractivity contribution in [2.45, 2.75) is 77.7 Å². The Morgan fingerprint density at radius 1 is 1.33 bits per heavy atom. The molecule has 3 nitrogen and oxygen atoms in total. The van der Waals surface area contributed by atoms with Gasteiger partial charge in [-0.15, -0.1) is 0 Å². The molecule has 1 aliphatic rings. The number of unbranched alkanes of at least 4 members (excludes halogenated alkanes) is 1. The van der Waals surface area contributed by atoms with Crippen LogP contribution in [0.4, 0.5) is 5.82 Å². The summed E-state index contributed by atoms with van der Waals surface area (Å²) >= 11 is 0. The van der Waals surface area contributed by atoms with E-state index in [0.29, 0.717) is 12.0 Å². The van der Waals surface area contributed by atoms with Crippen molar-refractivity contribution in [2.75, 3.05) is 5.73 Å². The van der Waals surface area contributed by atoms with Gasteiger partial charge in [0.2, 0.25) is 0 Å². The Labute approximate surface area is 111 Å². The number of imidazole rings is 1. The minimum absolute atomic E-state index is 0.420. The first-order chi connectivity index (χ1) is 8.65. The van der Waals surface area contributed by atoms with Crippen LogP contribution in [0.3, 0.4) is 0 Å². The van der Waals surface area contributed by atoms with Crippen LogP contribution in [0, 0.1) is 0 Å². The maximum Gasteiger partial charge on any atom is 0.127 e. The van der Waals surface area contributed by atoms with Crippen molar-refractivity contribution in [1.82, 2.24) is 9.55 Å². The molecule has 1 aromatic heterocycles. The number of nitrogens with zero attached hydrogens (tertiary/aromatic N) is 2. The van der Waals surface area contributed by atoms with Crippen molar-refractivity contribution in [3.8, 4) is 0 Å². The molecule has 18 heavy (non-hydrogen) atoms. The Balaban J connectivity index is 2.31. The molecule has 0 bridgehead atoms. The van der Waals surface area contributed by atoms with Gasteiger partial charge in [-0.1, -0.05) is 26.2 Å². The lowest BCUT2D eigenvalue weighted by Gasteiger charge is -2.17. The summed E-state index contributed by atoms with van der Waals surface area (Å²) in [6, 6.07) is 0.420. The molecule has 0 saturated heterocycles. The molecular formula is C15H27N3. The molecular weight excluding hydrogens is 222 g/mol. The fourth-order valence-electron chi connectivity index (χ4n) is 3.05. The van der Waals surface area contributed by atoms with Gasteiger partial charge in [-0.25, -0.2) is 4.98 Å². The highest BCUT2D eigenvalue weighted by Gasteiger charge is 2.25. The number of nitrogens with two attached hydrogens (primary N) is 1. The summed E-state index contributed by atoms with van der Waals surface area (Å²) in [7, 11) is 0. The van der Waals surface area contributed by atoms with Gasteiger partial charge in [0.25, 0.3) is 0 Å². The molecule has 1 fully saturated rings. The van der Waals surface area contributed by atoms with Crippen LogP contribution in [-0.2, 0) is 6.42 Å². The summed E-state index contributed by atoms with van der Waals surface area (Å²) in [6.07, 6.45) is 8.68. The van der Waals surface area contributed by atoms with Gasteiger partial charge < -0.3 is 10.3 Å². The summed E-state index contributed by atoms with van der Waals surface area (Å²) in [5.41, 5.74) is 7.45. The fourth-order valence-corrected chi connectivity index (χ4v) is 3.05. The molecule has 0 radical (unpaired) electrons. The van der Waals surface area contributed by atoms with E-state index in [-0.39, 0.29) is 0 Å². The van der Waals surface area contributed by atoms with E-state index in [0.717, 1.165) is 17.9 Å². The monoisotopic (exact) mass is 249 g/mol. The van der Waals surface area contributed by atoms with E-state index in [1.165, 1.54) is 44.3 Å². The maximum absolute atomic E-state index is 6.31. The lowest BCUT2D eigenvalue weighted by Crippen LogP contribution is -2.12. The number of hydrogen-bond acceptors (Lipinski definition) is 2. The van der Waals surface area contributed by atoms with Gasteiger partial charge >= 0.3 is 0 Å². The lowest BCUT2D eigenvalue weighted by atomic mass is 10.1. The van der Waals surface area contributed by atoms with Crippen molar-refractivity contribution in [1.29, 1.82) is 0 Å². The number of aryl methyl sites for hydroxylation is 1. The van der Waals surface area contributed by atoms with E-state index in [9.17, 15) is 0 Å². The molecule has 0 amide bonds. The largest absolute Gasteiger partial charge is 0.384 e. The summed E-state index contributed by atoms with van der Waals surface area (Å²) in [5, 5.41) is 0. The second-order valence-corrected chi connectivity index (χ2v) is 5.85. The van der Waals surface area contributed by atoms with Crippen molar-refractivity contribution in [2.24, 2.45) is 0 Å². The molecule has 0 spiro atoms. The molecule has 1 heterocycles. The molecule has 0 aliphatic heterocycles. The zero-order valence-electron chi connectivity index (χ0n) is 12.1. The van der Waals surface area contributed by atoms with Crippen LogP contribution in [0.25, 0.3) is 0 Å². The van der Waals surface area contributed by atoms with E-state index in [2.05, 4.69) is 25.3 Å². The van der Waals surface area contributed by atoms with Crippen LogP contribution in [0.1, 0.15) is 82.8 Å². The third kappa shape index (κ3) is 2.55. The minimum atomic E-state index is 0.420. The molecule has 1 saturated carbocycles. The van der Waals surface area contributed by atoms with Crippen molar-refractivity contribution < 1.29 is 0 Å². The van der Waals surface area contributed by atoms with Gasteiger partial charge in [-0.2, -0.15) is 0 Å². The van der Waals surface area contributed by atoms with Gasteiger partial charge in [0, 0.05) is 12.0 Å². The van der Waals surface area contributed by atoms with Gasteiger partial charge in [-0.3, -0.25) is 0 Å². The SMILES string of the molecule is CCCCc1nc(C2CCCC2)n(C(C)C)c1N. The molecule has 0 unspecified atom stereocenters. The number of aromatic nitrogens is 2. The molecule has 102 valence electrons. The minimum Gasteiger partial charge on any atom is -0.384 e. The van der Waals surface area contributed by atoms with Crippen LogP contribution >= 0.6 is 0 Å². The van der Waals surface area contributed by atoms with Crippen molar-refractivity contribution in [3.63, 3.8) is 0 Å². The Kier molecular flexibility index (Phi) is 4.31. The molecule has 1 aliphatic carbocycles. The lowest BCUT2D eigenvalue weighted by molar-refractivity contribution is 0.534. The van der Waals surface area contributed by atoms with Crippen LogP contribution in [0.15, 0.2) is 0 Å². The second kappa shape index (κ2) is 5.77. The van der Waals surface area contributed by atoms with E-state index in [1.54, 1.807) is 0 Å². The predicted octanol–water partition coefficient (Wildman–Crippen LogP) is 4.05.